The molecule has 3 nitrogen and oxygen atoms in total. The molecule has 0 radical (unpaired) electrons. The van der Waals surface area contributed by atoms with Gasteiger partial charge in [0.25, 0.3) is 0 Å². The molecule has 0 aromatic carbocycles. The molecule has 0 amide bonds. The highest BCUT2D eigenvalue weighted by molar-refractivity contribution is 4.94. The van der Waals surface area contributed by atoms with Crippen molar-refractivity contribution in [1.82, 2.24) is 5.32 Å². The van der Waals surface area contributed by atoms with Crippen LogP contribution in [0.25, 0.3) is 0 Å². The highest BCUT2D eigenvalue weighted by Gasteiger charge is 2.37. The molecular formula is C9H17NO2. The Balaban J connectivity index is 1.77. The SMILES string of the molecule is OC1(CC2CCCCO2)CNC1. The summed E-state index contributed by atoms with van der Waals surface area (Å²) < 4.78 is 5.56. The topological polar surface area (TPSA) is 41.5 Å². The Morgan fingerprint density at radius 3 is 2.75 bits per heavy atom. The average molecular weight is 171 g/mol. The van der Waals surface area contributed by atoms with Crippen molar-refractivity contribution in [3.63, 3.8) is 0 Å². The van der Waals surface area contributed by atoms with Gasteiger partial charge in [0.15, 0.2) is 0 Å². The van der Waals surface area contributed by atoms with Crippen LogP contribution in [0.3, 0.4) is 0 Å². The van der Waals surface area contributed by atoms with Crippen molar-refractivity contribution in [2.45, 2.75) is 37.4 Å². The second-order valence-corrected chi connectivity index (χ2v) is 4.02. The standard InChI is InChI=1S/C9H17NO2/c11-9(6-10-7-9)5-8-3-1-2-4-12-8/h8,10-11H,1-7H2. The third-order valence-electron chi connectivity index (χ3n) is 2.79. The predicted molar refractivity (Wildman–Crippen MR) is 46.0 cm³/mol. The molecule has 2 saturated heterocycles. The predicted octanol–water partition coefficient (Wildman–Crippen LogP) is 0.280. The molecule has 1 atom stereocenters. The molecule has 0 aromatic rings. The van der Waals surface area contributed by atoms with Crippen LogP contribution in [0.1, 0.15) is 25.7 Å². The molecule has 0 saturated carbocycles. The second-order valence-electron chi connectivity index (χ2n) is 4.02. The lowest BCUT2D eigenvalue weighted by molar-refractivity contribution is -0.0797. The van der Waals surface area contributed by atoms with Gasteiger partial charge in [-0.2, -0.15) is 0 Å². The quantitative estimate of drug-likeness (QED) is 0.627. The normalized spacial score (nSPS) is 34.2. The third-order valence-corrected chi connectivity index (χ3v) is 2.79. The van der Waals surface area contributed by atoms with Crippen molar-refractivity contribution in [2.24, 2.45) is 0 Å². The summed E-state index contributed by atoms with van der Waals surface area (Å²) in [5, 5.41) is 12.9. The van der Waals surface area contributed by atoms with E-state index in [-0.39, 0.29) is 0 Å². The molecule has 2 fully saturated rings. The first kappa shape index (κ1) is 8.48. The number of nitrogens with one attached hydrogen (secondary N) is 1. The molecule has 0 aromatic heterocycles. The fourth-order valence-electron chi connectivity index (χ4n) is 1.95. The van der Waals surface area contributed by atoms with Gasteiger partial charge in [0, 0.05) is 26.1 Å². The Bertz CT molecular complexity index is 151. The lowest BCUT2D eigenvalue weighted by atomic mass is 9.88. The lowest BCUT2D eigenvalue weighted by Crippen LogP contribution is -2.60. The summed E-state index contributed by atoms with van der Waals surface area (Å²) in [6, 6.07) is 0. The van der Waals surface area contributed by atoms with E-state index in [2.05, 4.69) is 5.32 Å². The highest BCUT2D eigenvalue weighted by atomic mass is 16.5. The van der Waals surface area contributed by atoms with Crippen molar-refractivity contribution in [1.29, 1.82) is 0 Å². The minimum atomic E-state index is -0.456. The maximum absolute atomic E-state index is 9.82. The van der Waals surface area contributed by atoms with Gasteiger partial charge in [-0.15, -0.1) is 0 Å². The van der Waals surface area contributed by atoms with Gasteiger partial charge in [-0.25, -0.2) is 0 Å². The first-order chi connectivity index (χ1) is 5.79. The van der Waals surface area contributed by atoms with Gasteiger partial charge in [-0.05, 0) is 19.3 Å². The molecule has 0 aliphatic carbocycles. The summed E-state index contributed by atoms with van der Waals surface area (Å²) in [7, 11) is 0. The average Bonchev–Trinajstić information content (AvgIpc) is 2.04. The smallest absolute Gasteiger partial charge is 0.0919 e. The van der Waals surface area contributed by atoms with E-state index in [0.29, 0.717) is 6.10 Å². The van der Waals surface area contributed by atoms with Crippen molar-refractivity contribution in [2.75, 3.05) is 19.7 Å². The molecule has 2 aliphatic heterocycles. The summed E-state index contributed by atoms with van der Waals surface area (Å²) in [6.07, 6.45) is 4.70. The van der Waals surface area contributed by atoms with E-state index in [1.54, 1.807) is 0 Å². The first-order valence-corrected chi connectivity index (χ1v) is 4.83. The number of hydrogen-bond donors (Lipinski definition) is 2. The monoisotopic (exact) mass is 171 g/mol. The maximum atomic E-state index is 9.82. The number of aliphatic hydroxyl groups is 1. The van der Waals surface area contributed by atoms with Gasteiger partial charge in [0.2, 0.25) is 0 Å². The molecule has 0 bridgehead atoms. The molecule has 1 unspecified atom stereocenters. The van der Waals surface area contributed by atoms with Crippen LogP contribution in [0.2, 0.25) is 0 Å². The summed E-state index contributed by atoms with van der Waals surface area (Å²) in [4.78, 5) is 0. The molecule has 3 heteroatoms. The fraction of sp³-hybridized carbons (Fsp3) is 1.00. The largest absolute Gasteiger partial charge is 0.387 e. The summed E-state index contributed by atoms with van der Waals surface area (Å²) in [5.41, 5.74) is -0.456. The van der Waals surface area contributed by atoms with Crippen LogP contribution in [0.4, 0.5) is 0 Å². The zero-order valence-electron chi connectivity index (χ0n) is 7.38. The molecule has 2 rings (SSSR count). The molecule has 70 valence electrons. The van der Waals surface area contributed by atoms with Crippen LogP contribution in [0.5, 0.6) is 0 Å². The Hall–Kier alpha value is -0.120. The minimum Gasteiger partial charge on any atom is -0.387 e. The third kappa shape index (κ3) is 1.79. The van der Waals surface area contributed by atoms with E-state index >= 15 is 0 Å². The number of hydrogen-bond acceptors (Lipinski definition) is 3. The van der Waals surface area contributed by atoms with Gasteiger partial charge in [0.1, 0.15) is 0 Å². The Morgan fingerprint density at radius 2 is 2.25 bits per heavy atom. The van der Waals surface area contributed by atoms with Crippen molar-refractivity contribution in [3.05, 3.63) is 0 Å². The van der Waals surface area contributed by atoms with Gasteiger partial charge in [-0.1, -0.05) is 0 Å². The van der Waals surface area contributed by atoms with Gasteiger partial charge >= 0.3 is 0 Å². The van der Waals surface area contributed by atoms with E-state index in [9.17, 15) is 5.11 Å². The lowest BCUT2D eigenvalue weighted by Gasteiger charge is -2.40. The van der Waals surface area contributed by atoms with E-state index in [1.165, 1.54) is 12.8 Å². The number of ether oxygens (including phenoxy) is 1. The van der Waals surface area contributed by atoms with Crippen LogP contribution in [-0.2, 0) is 4.74 Å². The zero-order chi connectivity index (χ0) is 8.44. The second kappa shape index (κ2) is 3.32. The Labute approximate surface area is 73.1 Å². The van der Waals surface area contributed by atoms with Crippen LogP contribution >= 0.6 is 0 Å². The molecule has 0 spiro atoms. The molecule has 2 N–H and O–H groups in total. The minimum absolute atomic E-state index is 0.311. The van der Waals surface area contributed by atoms with E-state index < -0.39 is 5.60 Å². The van der Waals surface area contributed by atoms with Gasteiger partial charge < -0.3 is 15.2 Å². The summed E-state index contributed by atoms with van der Waals surface area (Å²) in [6.45, 7) is 2.37. The van der Waals surface area contributed by atoms with Crippen LogP contribution < -0.4 is 5.32 Å². The maximum Gasteiger partial charge on any atom is 0.0919 e. The fourth-order valence-corrected chi connectivity index (χ4v) is 1.95. The van der Waals surface area contributed by atoms with E-state index in [1.807, 2.05) is 0 Å². The van der Waals surface area contributed by atoms with Crippen molar-refractivity contribution < 1.29 is 9.84 Å². The van der Waals surface area contributed by atoms with Gasteiger partial charge in [-0.3, -0.25) is 0 Å². The highest BCUT2D eigenvalue weighted by Crippen LogP contribution is 2.24. The first-order valence-electron chi connectivity index (χ1n) is 4.83. The van der Waals surface area contributed by atoms with E-state index in [0.717, 1.165) is 32.5 Å². The van der Waals surface area contributed by atoms with Crippen molar-refractivity contribution >= 4 is 0 Å². The van der Waals surface area contributed by atoms with Crippen molar-refractivity contribution in [3.8, 4) is 0 Å². The summed E-state index contributed by atoms with van der Waals surface area (Å²) >= 11 is 0. The number of rotatable bonds is 2. The summed E-state index contributed by atoms with van der Waals surface area (Å²) in [5.74, 6) is 0. The van der Waals surface area contributed by atoms with E-state index in [4.69, 9.17) is 4.74 Å². The molecule has 12 heavy (non-hydrogen) atoms. The number of β-amino-alcohol motifs (C(OH)–C–C–N with tert-alkyl or cyclic N) is 1. The molecular weight excluding hydrogens is 154 g/mol. The van der Waals surface area contributed by atoms with Crippen LogP contribution in [0, 0.1) is 0 Å². The van der Waals surface area contributed by atoms with Gasteiger partial charge in [0.05, 0.1) is 11.7 Å². The zero-order valence-corrected chi connectivity index (χ0v) is 7.38. The van der Waals surface area contributed by atoms with Crippen LogP contribution in [0.15, 0.2) is 0 Å². The Morgan fingerprint density at radius 1 is 1.42 bits per heavy atom. The van der Waals surface area contributed by atoms with Crippen LogP contribution in [-0.4, -0.2) is 36.5 Å². The molecule has 2 heterocycles. The Kier molecular flexibility index (Phi) is 2.35. The molecule has 2 aliphatic rings.